The van der Waals surface area contributed by atoms with Crippen molar-refractivity contribution in [3.05, 3.63) is 76.1 Å². The SMILES string of the molecule is O=c1cc(OCc2ccc(Cl)cn2)ccn1-c1ccc(N2CC3CNC3C2)nc1. The number of pyridine rings is 3. The van der Waals surface area contributed by atoms with E-state index in [1.54, 1.807) is 41.4 Å². The maximum Gasteiger partial charge on any atom is 0.258 e. The van der Waals surface area contributed by atoms with Crippen molar-refractivity contribution in [2.45, 2.75) is 12.6 Å². The lowest BCUT2D eigenvalue weighted by molar-refractivity contribution is 0.297. The number of aromatic nitrogens is 3. The Kier molecular flexibility index (Phi) is 4.69. The summed E-state index contributed by atoms with van der Waals surface area (Å²) < 4.78 is 7.22. The Morgan fingerprint density at radius 2 is 2.07 bits per heavy atom. The third-order valence-corrected chi connectivity index (χ3v) is 5.71. The van der Waals surface area contributed by atoms with Crippen molar-refractivity contribution in [2.75, 3.05) is 24.5 Å². The first-order valence-electron chi connectivity index (χ1n) is 9.56. The van der Waals surface area contributed by atoms with Crippen LogP contribution in [-0.4, -0.2) is 40.2 Å². The molecule has 2 saturated heterocycles. The highest BCUT2D eigenvalue weighted by Gasteiger charge is 2.39. The van der Waals surface area contributed by atoms with Crippen LogP contribution in [0.2, 0.25) is 5.02 Å². The molecule has 2 unspecified atom stereocenters. The fourth-order valence-corrected chi connectivity index (χ4v) is 3.87. The molecule has 0 aliphatic carbocycles. The first-order valence-corrected chi connectivity index (χ1v) is 9.94. The molecule has 2 aliphatic heterocycles. The van der Waals surface area contributed by atoms with E-state index in [1.807, 2.05) is 12.1 Å². The fourth-order valence-electron chi connectivity index (χ4n) is 3.76. The van der Waals surface area contributed by atoms with E-state index in [-0.39, 0.29) is 12.2 Å². The van der Waals surface area contributed by atoms with Crippen LogP contribution in [0.15, 0.2) is 59.8 Å². The first-order chi connectivity index (χ1) is 14.2. The summed E-state index contributed by atoms with van der Waals surface area (Å²) in [5, 5.41) is 4.02. The highest BCUT2D eigenvalue weighted by atomic mass is 35.5. The lowest BCUT2D eigenvalue weighted by Crippen LogP contribution is -2.51. The van der Waals surface area contributed by atoms with E-state index in [9.17, 15) is 4.79 Å². The van der Waals surface area contributed by atoms with Crippen LogP contribution in [0.3, 0.4) is 0 Å². The number of hydrogen-bond acceptors (Lipinski definition) is 6. The van der Waals surface area contributed by atoms with Gasteiger partial charge in [-0.2, -0.15) is 0 Å². The van der Waals surface area contributed by atoms with E-state index in [0.29, 0.717) is 16.8 Å². The maximum absolute atomic E-state index is 12.5. The van der Waals surface area contributed by atoms with Gasteiger partial charge in [-0.25, -0.2) is 4.98 Å². The number of nitrogens with zero attached hydrogens (tertiary/aromatic N) is 4. The number of hydrogen-bond donors (Lipinski definition) is 1. The lowest BCUT2D eigenvalue weighted by Gasteiger charge is -2.29. The highest BCUT2D eigenvalue weighted by molar-refractivity contribution is 6.30. The quantitative estimate of drug-likeness (QED) is 0.697. The summed E-state index contributed by atoms with van der Waals surface area (Å²) in [6.07, 6.45) is 5.00. The van der Waals surface area contributed by atoms with Gasteiger partial charge in [-0.15, -0.1) is 0 Å². The lowest BCUT2D eigenvalue weighted by atomic mass is 9.96. The molecule has 0 bridgehead atoms. The van der Waals surface area contributed by atoms with Gasteiger partial charge in [0.05, 0.1) is 22.6 Å². The van der Waals surface area contributed by atoms with Crippen LogP contribution in [-0.2, 0) is 6.61 Å². The molecule has 2 atom stereocenters. The Hall–Kier alpha value is -2.90. The molecule has 0 amide bonds. The maximum atomic E-state index is 12.5. The van der Waals surface area contributed by atoms with Crippen molar-refractivity contribution in [3.8, 4) is 11.4 Å². The monoisotopic (exact) mass is 409 g/mol. The molecule has 3 aromatic heterocycles. The van der Waals surface area contributed by atoms with Crippen molar-refractivity contribution in [1.82, 2.24) is 19.9 Å². The van der Waals surface area contributed by atoms with Crippen LogP contribution in [0.4, 0.5) is 5.82 Å². The van der Waals surface area contributed by atoms with E-state index in [2.05, 4.69) is 20.2 Å². The normalized spacial score (nSPS) is 20.2. The van der Waals surface area contributed by atoms with Gasteiger partial charge in [0.15, 0.2) is 0 Å². The minimum Gasteiger partial charge on any atom is -0.487 e. The zero-order chi connectivity index (χ0) is 19.8. The van der Waals surface area contributed by atoms with E-state index >= 15 is 0 Å². The molecule has 29 heavy (non-hydrogen) atoms. The smallest absolute Gasteiger partial charge is 0.258 e. The second-order valence-electron chi connectivity index (χ2n) is 7.38. The Balaban J connectivity index is 1.27. The Morgan fingerprint density at radius 1 is 1.14 bits per heavy atom. The summed E-state index contributed by atoms with van der Waals surface area (Å²) in [5.41, 5.74) is 1.29. The van der Waals surface area contributed by atoms with Gasteiger partial charge in [0, 0.05) is 50.1 Å². The third kappa shape index (κ3) is 3.71. The third-order valence-electron chi connectivity index (χ3n) is 5.48. The van der Waals surface area contributed by atoms with Crippen molar-refractivity contribution >= 4 is 17.4 Å². The van der Waals surface area contributed by atoms with Gasteiger partial charge in [0.2, 0.25) is 0 Å². The molecule has 148 valence electrons. The van der Waals surface area contributed by atoms with E-state index < -0.39 is 0 Å². The van der Waals surface area contributed by atoms with Gasteiger partial charge in [0.1, 0.15) is 18.2 Å². The Morgan fingerprint density at radius 3 is 2.69 bits per heavy atom. The highest BCUT2D eigenvalue weighted by Crippen LogP contribution is 2.27. The second-order valence-corrected chi connectivity index (χ2v) is 7.82. The van der Waals surface area contributed by atoms with Crippen LogP contribution in [0.25, 0.3) is 5.69 Å². The first kappa shape index (κ1) is 18.1. The van der Waals surface area contributed by atoms with E-state index in [4.69, 9.17) is 16.3 Å². The summed E-state index contributed by atoms with van der Waals surface area (Å²) in [7, 11) is 0. The van der Waals surface area contributed by atoms with Crippen LogP contribution >= 0.6 is 11.6 Å². The number of nitrogens with one attached hydrogen (secondary N) is 1. The largest absolute Gasteiger partial charge is 0.487 e. The topological polar surface area (TPSA) is 72.3 Å². The molecular weight excluding hydrogens is 390 g/mol. The minimum atomic E-state index is -0.176. The molecule has 5 rings (SSSR count). The van der Waals surface area contributed by atoms with Crippen molar-refractivity contribution < 1.29 is 4.74 Å². The molecule has 1 N–H and O–H groups in total. The summed E-state index contributed by atoms with van der Waals surface area (Å²) in [6, 6.07) is 11.3. The van der Waals surface area contributed by atoms with Crippen LogP contribution in [0, 0.1) is 5.92 Å². The van der Waals surface area contributed by atoms with Crippen molar-refractivity contribution in [2.24, 2.45) is 5.92 Å². The predicted octanol–water partition coefficient (Wildman–Crippen LogP) is 2.27. The van der Waals surface area contributed by atoms with E-state index in [0.717, 1.165) is 42.8 Å². The molecule has 0 radical (unpaired) electrons. The number of fused-ring (bicyclic) bond motifs is 1. The summed E-state index contributed by atoms with van der Waals surface area (Å²) in [5.74, 6) is 2.18. The van der Waals surface area contributed by atoms with Gasteiger partial charge < -0.3 is 15.0 Å². The van der Waals surface area contributed by atoms with Crippen LogP contribution < -0.4 is 20.5 Å². The standard InChI is InChI=1S/C21H20ClN5O2/c22-15-1-2-16(23-9-15)13-29-18-5-6-27(21(28)7-18)17-3-4-20(25-10-17)26-11-14-8-24-19(14)12-26/h1-7,9-10,14,19,24H,8,11-13H2. The molecule has 0 spiro atoms. The number of ether oxygens (including phenoxy) is 1. The second kappa shape index (κ2) is 7.50. The number of halogens is 1. The van der Waals surface area contributed by atoms with Gasteiger partial charge in [0.25, 0.3) is 5.56 Å². The molecule has 7 nitrogen and oxygen atoms in total. The van der Waals surface area contributed by atoms with Gasteiger partial charge >= 0.3 is 0 Å². The molecule has 2 fully saturated rings. The van der Waals surface area contributed by atoms with Gasteiger partial charge in [-0.1, -0.05) is 11.6 Å². The number of rotatable bonds is 5. The molecule has 8 heteroatoms. The zero-order valence-corrected chi connectivity index (χ0v) is 16.4. The average Bonchev–Trinajstić information content (AvgIpc) is 3.02. The zero-order valence-electron chi connectivity index (χ0n) is 15.7. The van der Waals surface area contributed by atoms with Gasteiger partial charge in [-0.05, 0) is 30.3 Å². The molecule has 0 saturated carbocycles. The molecular formula is C21H20ClN5O2. The summed E-state index contributed by atoms with van der Waals surface area (Å²) in [6.45, 7) is 3.39. The molecule has 0 aromatic carbocycles. The molecule has 3 aromatic rings. The minimum absolute atomic E-state index is 0.176. The van der Waals surface area contributed by atoms with Crippen LogP contribution in [0.5, 0.6) is 5.75 Å². The fraction of sp³-hybridized carbons (Fsp3) is 0.286. The van der Waals surface area contributed by atoms with Crippen LogP contribution in [0.1, 0.15) is 5.69 Å². The van der Waals surface area contributed by atoms with E-state index in [1.165, 1.54) is 6.07 Å². The van der Waals surface area contributed by atoms with Gasteiger partial charge in [-0.3, -0.25) is 14.3 Å². The Labute approximate surface area is 172 Å². The summed E-state index contributed by atoms with van der Waals surface area (Å²) in [4.78, 5) is 23.6. The van der Waals surface area contributed by atoms with Crippen molar-refractivity contribution in [3.63, 3.8) is 0 Å². The summed E-state index contributed by atoms with van der Waals surface area (Å²) >= 11 is 5.83. The molecule has 2 aliphatic rings. The average molecular weight is 410 g/mol. The Bertz CT molecular complexity index is 1060. The number of anilines is 1. The molecule has 5 heterocycles. The predicted molar refractivity (Wildman–Crippen MR) is 111 cm³/mol. The van der Waals surface area contributed by atoms with Crippen molar-refractivity contribution in [1.29, 1.82) is 0 Å².